The van der Waals surface area contributed by atoms with Crippen molar-refractivity contribution in [3.05, 3.63) is 42.9 Å². The molecular formula is C21H26N6O2. The number of anilines is 1. The lowest BCUT2D eigenvalue weighted by atomic mass is 10.2. The van der Waals surface area contributed by atoms with Gasteiger partial charge in [-0.1, -0.05) is 0 Å². The molecule has 8 heteroatoms. The largest absolute Gasteiger partial charge is 0.444 e. The Morgan fingerprint density at radius 1 is 1.24 bits per heavy atom. The molecule has 0 saturated carbocycles. The molecule has 1 atom stereocenters. The molecule has 0 aliphatic carbocycles. The fourth-order valence-electron chi connectivity index (χ4n) is 3.49. The summed E-state index contributed by atoms with van der Waals surface area (Å²) in [6.07, 6.45) is 5.94. The van der Waals surface area contributed by atoms with Gasteiger partial charge >= 0.3 is 6.09 Å². The number of pyridine rings is 1. The summed E-state index contributed by atoms with van der Waals surface area (Å²) in [7, 11) is 1.80. The molecule has 0 N–H and O–H groups in total. The minimum absolute atomic E-state index is 0.0860. The predicted molar refractivity (Wildman–Crippen MR) is 111 cm³/mol. The third-order valence-corrected chi connectivity index (χ3v) is 5.02. The number of ether oxygens (including phenoxy) is 1. The number of imidazole rings is 1. The summed E-state index contributed by atoms with van der Waals surface area (Å²) in [5.74, 6) is 0.862. The van der Waals surface area contributed by atoms with Crippen LogP contribution in [0.15, 0.2) is 42.9 Å². The lowest BCUT2D eigenvalue weighted by Crippen LogP contribution is -2.42. The standard InChI is InChI=1S/C21H26N6O2/c1-21(2,3)29-20(28)25(4)16-9-11-26(14-16)19-8-7-18-23-13-17(27(18)24-19)15-6-5-10-22-12-15/h5-8,10,12-13,16H,9,11,14H2,1-4H3/t16-/m0/s1. The molecule has 1 aliphatic heterocycles. The Labute approximate surface area is 170 Å². The maximum atomic E-state index is 12.4. The van der Waals surface area contributed by atoms with Crippen molar-refractivity contribution in [3.8, 4) is 11.3 Å². The Hall–Kier alpha value is -3.16. The number of nitrogens with zero attached hydrogens (tertiary/aromatic N) is 6. The molecule has 0 unspecified atom stereocenters. The summed E-state index contributed by atoms with van der Waals surface area (Å²) in [5, 5.41) is 4.81. The van der Waals surface area contributed by atoms with Gasteiger partial charge < -0.3 is 14.5 Å². The number of likely N-dealkylation sites (N-methyl/N-ethyl adjacent to an activating group) is 1. The van der Waals surface area contributed by atoms with Crippen LogP contribution in [0.1, 0.15) is 27.2 Å². The van der Waals surface area contributed by atoms with Crippen molar-refractivity contribution in [2.45, 2.75) is 38.8 Å². The first-order chi connectivity index (χ1) is 13.8. The summed E-state index contributed by atoms with van der Waals surface area (Å²) in [4.78, 5) is 24.9. The van der Waals surface area contributed by atoms with Crippen LogP contribution in [0.4, 0.5) is 10.6 Å². The van der Waals surface area contributed by atoms with Crippen LogP contribution in [-0.4, -0.2) is 62.4 Å². The first-order valence-electron chi connectivity index (χ1n) is 9.78. The molecule has 0 spiro atoms. The molecule has 1 amide bonds. The van der Waals surface area contributed by atoms with Gasteiger partial charge in [0.2, 0.25) is 0 Å². The quantitative estimate of drug-likeness (QED) is 0.679. The SMILES string of the molecule is CN(C(=O)OC(C)(C)C)[C@H]1CCN(c2ccc3ncc(-c4cccnc4)n3n2)C1. The maximum absolute atomic E-state index is 12.4. The molecule has 3 aromatic heterocycles. The summed E-state index contributed by atoms with van der Waals surface area (Å²) in [6, 6.07) is 7.92. The molecule has 0 bridgehead atoms. The topological polar surface area (TPSA) is 75.9 Å². The second kappa shape index (κ2) is 7.35. The van der Waals surface area contributed by atoms with Crippen LogP contribution < -0.4 is 4.90 Å². The van der Waals surface area contributed by atoms with Crippen LogP contribution in [0.2, 0.25) is 0 Å². The maximum Gasteiger partial charge on any atom is 0.410 e. The zero-order valence-corrected chi connectivity index (χ0v) is 17.2. The highest BCUT2D eigenvalue weighted by Gasteiger charge is 2.31. The van der Waals surface area contributed by atoms with E-state index in [-0.39, 0.29) is 12.1 Å². The van der Waals surface area contributed by atoms with Gasteiger partial charge in [0.05, 0.1) is 17.9 Å². The van der Waals surface area contributed by atoms with Crippen molar-refractivity contribution in [3.63, 3.8) is 0 Å². The van der Waals surface area contributed by atoms with E-state index >= 15 is 0 Å². The number of hydrogen-bond donors (Lipinski definition) is 0. The molecule has 3 aromatic rings. The molecule has 29 heavy (non-hydrogen) atoms. The zero-order valence-electron chi connectivity index (χ0n) is 17.2. The first kappa shape index (κ1) is 19.2. The predicted octanol–water partition coefficient (Wildman–Crippen LogP) is 3.24. The average molecular weight is 394 g/mol. The van der Waals surface area contributed by atoms with Gasteiger partial charge in [-0.25, -0.2) is 14.3 Å². The smallest absolute Gasteiger partial charge is 0.410 e. The van der Waals surface area contributed by atoms with E-state index in [2.05, 4.69) is 14.9 Å². The summed E-state index contributed by atoms with van der Waals surface area (Å²) < 4.78 is 7.34. The number of carbonyl (C=O) groups is 1. The number of rotatable bonds is 3. The number of carbonyl (C=O) groups excluding carboxylic acids is 1. The summed E-state index contributed by atoms with van der Waals surface area (Å²) in [5.41, 5.74) is 2.15. The van der Waals surface area contributed by atoms with Gasteiger partial charge in [0.25, 0.3) is 0 Å². The van der Waals surface area contributed by atoms with E-state index in [9.17, 15) is 4.79 Å². The monoisotopic (exact) mass is 394 g/mol. The van der Waals surface area contributed by atoms with Crippen molar-refractivity contribution >= 4 is 17.6 Å². The third-order valence-electron chi connectivity index (χ3n) is 5.02. The Balaban J connectivity index is 1.53. The first-order valence-corrected chi connectivity index (χ1v) is 9.78. The fourth-order valence-corrected chi connectivity index (χ4v) is 3.49. The van der Waals surface area contributed by atoms with Gasteiger partial charge in [0.1, 0.15) is 11.4 Å². The highest BCUT2D eigenvalue weighted by Crippen LogP contribution is 2.24. The second-order valence-corrected chi connectivity index (χ2v) is 8.33. The van der Waals surface area contributed by atoms with E-state index in [0.29, 0.717) is 6.54 Å². The van der Waals surface area contributed by atoms with Gasteiger partial charge in [-0.15, -0.1) is 5.10 Å². The Kier molecular flexibility index (Phi) is 4.86. The van der Waals surface area contributed by atoms with Crippen LogP contribution in [0.3, 0.4) is 0 Å². The van der Waals surface area contributed by atoms with Crippen molar-refractivity contribution in [2.75, 3.05) is 25.0 Å². The second-order valence-electron chi connectivity index (χ2n) is 8.33. The van der Waals surface area contributed by atoms with Crippen molar-refractivity contribution in [1.29, 1.82) is 0 Å². The lowest BCUT2D eigenvalue weighted by molar-refractivity contribution is 0.0238. The Morgan fingerprint density at radius 3 is 2.79 bits per heavy atom. The number of aromatic nitrogens is 4. The zero-order chi connectivity index (χ0) is 20.6. The van der Waals surface area contributed by atoms with Crippen LogP contribution in [-0.2, 0) is 4.74 Å². The van der Waals surface area contributed by atoms with Crippen LogP contribution in [0.5, 0.6) is 0 Å². The van der Waals surface area contributed by atoms with Crippen LogP contribution in [0, 0.1) is 0 Å². The van der Waals surface area contributed by atoms with E-state index in [0.717, 1.165) is 35.7 Å². The summed E-state index contributed by atoms with van der Waals surface area (Å²) >= 11 is 0. The minimum Gasteiger partial charge on any atom is -0.444 e. The highest BCUT2D eigenvalue weighted by molar-refractivity contribution is 5.68. The molecule has 0 radical (unpaired) electrons. The molecule has 4 heterocycles. The minimum atomic E-state index is -0.500. The summed E-state index contributed by atoms with van der Waals surface area (Å²) in [6.45, 7) is 7.18. The fraction of sp³-hybridized carbons (Fsp3) is 0.429. The normalized spacial score (nSPS) is 17.0. The molecule has 8 nitrogen and oxygen atoms in total. The van der Waals surface area contributed by atoms with Gasteiger partial charge in [-0.05, 0) is 51.5 Å². The molecule has 1 aliphatic rings. The van der Waals surface area contributed by atoms with Crippen molar-refractivity contribution in [2.24, 2.45) is 0 Å². The van der Waals surface area contributed by atoms with Crippen LogP contribution in [0.25, 0.3) is 16.9 Å². The van der Waals surface area contributed by atoms with E-state index in [1.165, 1.54) is 0 Å². The number of amides is 1. The van der Waals surface area contributed by atoms with Gasteiger partial charge in [0, 0.05) is 38.1 Å². The van der Waals surface area contributed by atoms with E-state index in [1.54, 1.807) is 24.3 Å². The lowest BCUT2D eigenvalue weighted by Gasteiger charge is -2.28. The van der Waals surface area contributed by atoms with Gasteiger partial charge in [0.15, 0.2) is 5.65 Å². The van der Waals surface area contributed by atoms with Gasteiger partial charge in [-0.2, -0.15) is 0 Å². The van der Waals surface area contributed by atoms with E-state index < -0.39 is 5.60 Å². The number of hydrogen-bond acceptors (Lipinski definition) is 6. The van der Waals surface area contributed by atoms with Crippen molar-refractivity contribution < 1.29 is 9.53 Å². The van der Waals surface area contributed by atoms with Gasteiger partial charge in [-0.3, -0.25) is 4.98 Å². The molecule has 4 rings (SSSR count). The molecule has 1 saturated heterocycles. The Bertz CT molecular complexity index is 1010. The van der Waals surface area contributed by atoms with Crippen molar-refractivity contribution in [1.82, 2.24) is 24.5 Å². The molecule has 152 valence electrons. The van der Waals surface area contributed by atoms with E-state index in [4.69, 9.17) is 9.84 Å². The van der Waals surface area contributed by atoms with Crippen LogP contribution >= 0.6 is 0 Å². The average Bonchev–Trinajstić information content (AvgIpc) is 3.33. The highest BCUT2D eigenvalue weighted by atomic mass is 16.6. The number of fused-ring (bicyclic) bond motifs is 1. The Morgan fingerprint density at radius 2 is 2.07 bits per heavy atom. The molecule has 1 fully saturated rings. The third kappa shape index (κ3) is 4.01. The van der Waals surface area contributed by atoms with E-state index in [1.807, 2.05) is 55.7 Å². The molecular weight excluding hydrogens is 368 g/mol. The molecule has 0 aromatic carbocycles.